The third-order valence-electron chi connectivity index (χ3n) is 0.715. The second kappa shape index (κ2) is 7.21. The zero-order valence-corrected chi connectivity index (χ0v) is 7.26. The molecule has 0 fully saturated rings. The number of hydrogen-bond acceptors (Lipinski definition) is 0. The molecule has 0 N–H and O–H groups in total. The van der Waals surface area contributed by atoms with Crippen LogP contribution in [0, 0.1) is 0 Å². The second-order valence-corrected chi connectivity index (χ2v) is 2.51. The van der Waals surface area contributed by atoms with E-state index in [4.69, 9.17) is 0 Å². The summed E-state index contributed by atoms with van der Waals surface area (Å²) in [6.07, 6.45) is 9.52. The molecule has 0 spiro atoms. The van der Waals surface area contributed by atoms with Crippen molar-refractivity contribution in [1.29, 1.82) is 0 Å². The molecule has 0 heterocycles. The van der Waals surface area contributed by atoms with Crippen LogP contribution in [0.2, 0.25) is 0 Å². The van der Waals surface area contributed by atoms with Crippen LogP contribution in [0.3, 0.4) is 0 Å². The van der Waals surface area contributed by atoms with Crippen molar-refractivity contribution in [1.82, 2.24) is 0 Å². The van der Waals surface area contributed by atoms with Crippen LogP contribution in [0.5, 0.6) is 0 Å². The fraction of sp³-hybridized carbons (Fsp3) is 0.429. The maximum atomic E-state index is 2.36. The van der Waals surface area contributed by atoms with E-state index in [2.05, 4.69) is 34.7 Å². The van der Waals surface area contributed by atoms with Gasteiger partial charge in [-0.3, -0.25) is 0 Å². The molecule has 0 aliphatic heterocycles. The topological polar surface area (TPSA) is 0 Å². The van der Waals surface area contributed by atoms with E-state index in [1.807, 2.05) is 19.1 Å². The molecule has 0 aromatic heterocycles. The zero-order chi connectivity index (χ0) is 6.24. The Morgan fingerprint density at radius 1 is 1.38 bits per heavy atom. The minimum atomic E-state index is 1.19. The minimum Gasteiger partial charge on any atom is -0.0877 e. The van der Waals surface area contributed by atoms with E-state index in [0.717, 1.165) is 0 Å². The Hall–Kier alpha value is 0.210. The molecule has 0 bridgehead atoms. The summed E-state index contributed by atoms with van der Waals surface area (Å²) in [4.78, 5) is 0. The fourth-order valence-electron chi connectivity index (χ4n) is 0.349. The fourth-order valence-corrected chi connectivity index (χ4v) is 0.708. The van der Waals surface area contributed by atoms with E-state index in [0.29, 0.717) is 0 Å². The molecule has 8 heavy (non-hydrogen) atoms. The summed E-state index contributed by atoms with van der Waals surface area (Å²) < 4.78 is 1.21. The Kier molecular flexibility index (Phi) is 7.40. The van der Waals surface area contributed by atoms with Crippen molar-refractivity contribution >= 4 is 22.6 Å². The van der Waals surface area contributed by atoms with E-state index in [-0.39, 0.29) is 0 Å². The average Bonchev–Trinajstić information content (AvgIpc) is 1.81. The highest BCUT2D eigenvalue weighted by atomic mass is 127. The number of alkyl halides is 1. The highest BCUT2D eigenvalue weighted by molar-refractivity contribution is 14.1. The molecule has 0 atom stereocenters. The van der Waals surface area contributed by atoms with Crippen LogP contribution in [0.4, 0.5) is 0 Å². The molecule has 0 unspecified atom stereocenters. The van der Waals surface area contributed by atoms with E-state index in [9.17, 15) is 0 Å². The quantitative estimate of drug-likeness (QED) is 0.391. The summed E-state index contributed by atoms with van der Waals surface area (Å²) in [6.45, 7) is 2.02. The summed E-state index contributed by atoms with van der Waals surface area (Å²) >= 11 is 2.36. The molecule has 0 radical (unpaired) electrons. The predicted molar refractivity (Wildman–Crippen MR) is 47.5 cm³/mol. The van der Waals surface area contributed by atoms with Gasteiger partial charge in [0.25, 0.3) is 0 Å². The predicted octanol–water partition coefficient (Wildman–Crippen LogP) is 2.94. The summed E-state index contributed by atoms with van der Waals surface area (Å²) in [5, 5.41) is 0. The van der Waals surface area contributed by atoms with Crippen LogP contribution < -0.4 is 0 Å². The van der Waals surface area contributed by atoms with Gasteiger partial charge in [-0.05, 0) is 13.3 Å². The molecule has 46 valence electrons. The summed E-state index contributed by atoms with van der Waals surface area (Å²) in [7, 11) is 0. The van der Waals surface area contributed by atoms with Crippen LogP contribution in [0.25, 0.3) is 0 Å². The molecular formula is C7H11I. The lowest BCUT2D eigenvalue weighted by molar-refractivity contribution is 1.28. The van der Waals surface area contributed by atoms with Crippen molar-refractivity contribution in [2.75, 3.05) is 4.43 Å². The lowest BCUT2D eigenvalue weighted by Crippen LogP contribution is -1.62. The highest BCUT2D eigenvalue weighted by Gasteiger charge is 1.68. The minimum absolute atomic E-state index is 1.19. The van der Waals surface area contributed by atoms with Gasteiger partial charge in [-0.2, -0.15) is 0 Å². The van der Waals surface area contributed by atoms with Crippen molar-refractivity contribution in [2.45, 2.75) is 13.3 Å². The van der Waals surface area contributed by atoms with Gasteiger partial charge in [-0.15, -0.1) is 0 Å². The van der Waals surface area contributed by atoms with Crippen molar-refractivity contribution in [2.24, 2.45) is 0 Å². The van der Waals surface area contributed by atoms with Gasteiger partial charge < -0.3 is 0 Å². The standard InChI is InChI=1S/C7H11I/c1-2-3-4-5-6-7-8/h2-5H,6-7H2,1H3/b3-2+,5-4-. The van der Waals surface area contributed by atoms with Crippen LogP contribution >= 0.6 is 22.6 Å². The third-order valence-corrected chi connectivity index (χ3v) is 1.34. The Balaban J connectivity index is 3.07. The van der Waals surface area contributed by atoms with E-state index in [1.165, 1.54) is 10.8 Å². The summed E-state index contributed by atoms with van der Waals surface area (Å²) in [6, 6.07) is 0. The van der Waals surface area contributed by atoms with Gasteiger partial charge in [0, 0.05) is 4.43 Å². The molecule has 0 aromatic rings. The Morgan fingerprint density at radius 3 is 2.62 bits per heavy atom. The molecule has 0 aliphatic carbocycles. The Labute approximate surface area is 64.8 Å². The number of allylic oxidation sites excluding steroid dienone is 4. The number of halogens is 1. The normalized spacial score (nSPS) is 11.8. The molecule has 0 amide bonds. The lowest BCUT2D eigenvalue weighted by Gasteiger charge is -1.77. The van der Waals surface area contributed by atoms with Gasteiger partial charge >= 0.3 is 0 Å². The van der Waals surface area contributed by atoms with Gasteiger partial charge in [0.2, 0.25) is 0 Å². The third kappa shape index (κ3) is 6.21. The first kappa shape index (κ1) is 8.21. The SMILES string of the molecule is C/C=C/C=C\CCI. The van der Waals surface area contributed by atoms with Gasteiger partial charge in [0.15, 0.2) is 0 Å². The van der Waals surface area contributed by atoms with Gasteiger partial charge in [-0.1, -0.05) is 46.9 Å². The van der Waals surface area contributed by atoms with E-state index < -0.39 is 0 Å². The molecule has 0 saturated heterocycles. The van der Waals surface area contributed by atoms with Gasteiger partial charge in [0.05, 0.1) is 0 Å². The highest BCUT2D eigenvalue weighted by Crippen LogP contribution is 1.89. The van der Waals surface area contributed by atoms with Crippen LogP contribution in [0.15, 0.2) is 24.3 Å². The molecule has 0 aromatic carbocycles. The largest absolute Gasteiger partial charge is 0.0877 e. The molecule has 0 nitrogen and oxygen atoms in total. The lowest BCUT2D eigenvalue weighted by atomic mass is 10.4. The number of hydrogen-bond donors (Lipinski definition) is 0. The van der Waals surface area contributed by atoms with Crippen LogP contribution in [-0.4, -0.2) is 4.43 Å². The van der Waals surface area contributed by atoms with Crippen molar-refractivity contribution < 1.29 is 0 Å². The Bertz CT molecular complexity index is 82.4. The molecule has 1 heteroatoms. The zero-order valence-electron chi connectivity index (χ0n) is 5.10. The maximum Gasteiger partial charge on any atom is 0.00300 e. The average molecular weight is 222 g/mol. The second-order valence-electron chi connectivity index (χ2n) is 1.43. The van der Waals surface area contributed by atoms with Crippen molar-refractivity contribution in [3.63, 3.8) is 0 Å². The van der Waals surface area contributed by atoms with Crippen LogP contribution in [-0.2, 0) is 0 Å². The molecule has 0 saturated carbocycles. The van der Waals surface area contributed by atoms with Gasteiger partial charge in [-0.25, -0.2) is 0 Å². The van der Waals surface area contributed by atoms with Gasteiger partial charge in [0.1, 0.15) is 0 Å². The number of rotatable bonds is 3. The molecule has 0 aliphatic rings. The monoisotopic (exact) mass is 222 g/mol. The summed E-state index contributed by atoms with van der Waals surface area (Å²) in [5.74, 6) is 0. The molecular weight excluding hydrogens is 211 g/mol. The first-order chi connectivity index (χ1) is 3.91. The first-order valence-electron chi connectivity index (χ1n) is 2.75. The van der Waals surface area contributed by atoms with Crippen molar-refractivity contribution in [3.8, 4) is 0 Å². The Morgan fingerprint density at radius 2 is 2.12 bits per heavy atom. The summed E-state index contributed by atoms with van der Waals surface area (Å²) in [5.41, 5.74) is 0. The smallest absolute Gasteiger partial charge is 0.00300 e. The maximum absolute atomic E-state index is 2.36. The van der Waals surface area contributed by atoms with E-state index >= 15 is 0 Å². The van der Waals surface area contributed by atoms with E-state index in [1.54, 1.807) is 0 Å². The molecule has 0 rings (SSSR count). The first-order valence-corrected chi connectivity index (χ1v) is 4.28. The van der Waals surface area contributed by atoms with Crippen molar-refractivity contribution in [3.05, 3.63) is 24.3 Å². The van der Waals surface area contributed by atoms with Crippen LogP contribution in [0.1, 0.15) is 13.3 Å².